The highest BCUT2D eigenvalue weighted by Crippen LogP contribution is 2.35. The van der Waals surface area contributed by atoms with E-state index in [1.807, 2.05) is 26.0 Å². The first kappa shape index (κ1) is 24.1. The summed E-state index contributed by atoms with van der Waals surface area (Å²) in [6.45, 7) is 3.69. The number of nitrogens with one attached hydrogen (secondary N) is 3. The Kier molecular flexibility index (Phi) is 6.77. The number of hydrogen-bond acceptors (Lipinski definition) is 4. The van der Waals surface area contributed by atoms with Gasteiger partial charge in [-0.2, -0.15) is 9.89 Å². The largest absolute Gasteiger partial charge is 0.464 e. The van der Waals surface area contributed by atoms with Gasteiger partial charge >= 0.3 is 6.09 Å². The minimum absolute atomic E-state index is 0.174. The SMILES string of the molecule is Cc1cccc(C(=O)NNC(=O)c2c(-c3cccc(C)c3)c(-c3ccc(F)cc3)nn2NC(=O)O)c1. The summed E-state index contributed by atoms with van der Waals surface area (Å²) in [5, 5.41) is 13.7. The van der Waals surface area contributed by atoms with Crippen LogP contribution in [0.5, 0.6) is 0 Å². The molecule has 4 aromatic rings. The number of carboxylic acid groups (broad SMARTS) is 1. The van der Waals surface area contributed by atoms with E-state index in [2.05, 4.69) is 21.4 Å². The van der Waals surface area contributed by atoms with E-state index < -0.39 is 23.7 Å². The lowest BCUT2D eigenvalue weighted by molar-refractivity contribution is 0.0842. The molecule has 0 saturated heterocycles. The number of nitrogens with zero attached hydrogens (tertiary/aromatic N) is 2. The van der Waals surface area contributed by atoms with Crippen LogP contribution in [0.2, 0.25) is 0 Å². The lowest BCUT2D eigenvalue weighted by Gasteiger charge is -2.12. The Bertz CT molecular complexity index is 1460. The zero-order chi connectivity index (χ0) is 25.8. The van der Waals surface area contributed by atoms with Crippen molar-refractivity contribution in [2.75, 3.05) is 5.43 Å². The summed E-state index contributed by atoms with van der Waals surface area (Å²) in [6.07, 6.45) is -1.46. The van der Waals surface area contributed by atoms with Gasteiger partial charge in [-0.15, -0.1) is 0 Å². The van der Waals surface area contributed by atoms with E-state index in [1.165, 1.54) is 24.3 Å². The van der Waals surface area contributed by atoms with E-state index in [-0.39, 0.29) is 11.4 Å². The summed E-state index contributed by atoms with van der Waals surface area (Å²) in [6, 6.07) is 19.4. The van der Waals surface area contributed by atoms with Crippen molar-refractivity contribution in [1.29, 1.82) is 0 Å². The number of hydrogen-bond donors (Lipinski definition) is 4. The van der Waals surface area contributed by atoms with Crippen LogP contribution in [0.3, 0.4) is 0 Å². The smallest absolute Gasteiger partial charge is 0.425 e. The molecule has 0 atom stereocenters. The van der Waals surface area contributed by atoms with Gasteiger partial charge in [0.15, 0.2) is 5.69 Å². The van der Waals surface area contributed by atoms with E-state index in [1.54, 1.807) is 36.4 Å². The van der Waals surface area contributed by atoms with E-state index in [0.29, 0.717) is 22.3 Å². The molecule has 9 nitrogen and oxygen atoms in total. The summed E-state index contributed by atoms with van der Waals surface area (Å²) in [5.41, 5.74) is 10.2. The van der Waals surface area contributed by atoms with E-state index in [4.69, 9.17) is 0 Å². The topological polar surface area (TPSA) is 125 Å². The van der Waals surface area contributed by atoms with Crippen LogP contribution >= 0.6 is 0 Å². The predicted molar refractivity (Wildman–Crippen MR) is 131 cm³/mol. The van der Waals surface area contributed by atoms with Crippen molar-refractivity contribution in [2.45, 2.75) is 13.8 Å². The van der Waals surface area contributed by atoms with Gasteiger partial charge in [0.25, 0.3) is 11.8 Å². The van der Waals surface area contributed by atoms with E-state index in [0.717, 1.165) is 15.9 Å². The first-order chi connectivity index (χ1) is 17.2. The summed E-state index contributed by atoms with van der Waals surface area (Å²) >= 11 is 0. The van der Waals surface area contributed by atoms with Gasteiger partial charge < -0.3 is 5.11 Å². The molecular formula is C26H22FN5O4. The zero-order valence-electron chi connectivity index (χ0n) is 19.4. The zero-order valence-corrected chi connectivity index (χ0v) is 19.4. The molecular weight excluding hydrogens is 465 g/mol. The van der Waals surface area contributed by atoms with Crippen LogP contribution in [0.15, 0.2) is 72.8 Å². The highest BCUT2D eigenvalue weighted by atomic mass is 19.1. The maximum Gasteiger partial charge on any atom is 0.425 e. The number of hydrazine groups is 1. The Morgan fingerprint density at radius 1 is 0.833 bits per heavy atom. The maximum absolute atomic E-state index is 13.6. The quantitative estimate of drug-likeness (QED) is 0.313. The molecule has 0 unspecified atom stereocenters. The standard InChI is InChI=1S/C26H22FN5O4/c1-15-5-3-7-18(13-15)21-22(17-9-11-20(27)12-10-17)30-32(31-26(35)36)23(21)25(34)29-28-24(33)19-8-4-6-16(2)14-19/h3-14,31H,1-2H3,(H,28,33)(H,29,34)(H,35,36). The van der Waals surface area contributed by atoms with Gasteiger partial charge in [-0.1, -0.05) is 47.5 Å². The third kappa shape index (κ3) is 5.22. The van der Waals surface area contributed by atoms with Crippen molar-refractivity contribution in [3.8, 4) is 22.4 Å². The number of aromatic nitrogens is 2. The second kappa shape index (κ2) is 10.1. The Hall–Kier alpha value is -4.99. The van der Waals surface area contributed by atoms with Crippen LogP contribution in [0, 0.1) is 19.7 Å². The molecule has 3 aromatic carbocycles. The van der Waals surface area contributed by atoms with E-state index >= 15 is 0 Å². The normalized spacial score (nSPS) is 10.5. The molecule has 0 radical (unpaired) electrons. The fourth-order valence-corrected chi connectivity index (χ4v) is 3.71. The van der Waals surface area contributed by atoms with E-state index in [9.17, 15) is 23.9 Å². The first-order valence-corrected chi connectivity index (χ1v) is 10.9. The molecule has 0 fully saturated rings. The molecule has 1 aromatic heterocycles. The molecule has 1 heterocycles. The molecule has 4 rings (SSSR count). The van der Waals surface area contributed by atoms with Gasteiger partial charge in [0.05, 0.1) is 0 Å². The highest BCUT2D eigenvalue weighted by molar-refractivity contribution is 6.05. The predicted octanol–water partition coefficient (Wildman–Crippen LogP) is 4.27. The molecule has 0 aliphatic carbocycles. The second-order valence-electron chi connectivity index (χ2n) is 8.06. The monoisotopic (exact) mass is 487 g/mol. The second-order valence-corrected chi connectivity index (χ2v) is 8.06. The van der Waals surface area contributed by atoms with Gasteiger partial charge in [0, 0.05) is 16.7 Å². The maximum atomic E-state index is 13.6. The number of amides is 3. The minimum Gasteiger partial charge on any atom is -0.464 e. The Morgan fingerprint density at radius 3 is 2.11 bits per heavy atom. The highest BCUT2D eigenvalue weighted by Gasteiger charge is 2.27. The fraction of sp³-hybridized carbons (Fsp3) is 0.0769. The number of benzene rings is 3. The van der Waals surface area contributed by atoms with Gasteiger partial charge in [0.2, 0.25) is 0 Å². The van der Waals surface area contributed by atoms with Crippen molar-refractivity contribution in [1.82, 2.24) is 20.7 Å². The van der Waals surface area contributed by atoms with Crippen LogP contribution in [-0.4, -0.2) is 32.9 Å². The van der Waals surface area contributed by atoms with Gasteiger partial charge in [0.1, 0.15) is 11.5 Å². The fourth-order valence-electron chi connectivity index (χ4n) is 3.71. The number of halogens is 1. The molecule has 0 spiro atoms. The average Bonchev–Trinajstić information content (AvgIpc) is 3.21. The molecule has 3 amide bonds. The van der Waals surface area contributed by atoms with Crippen LogP contribution in [0.25, 0.3) is 22.4 Å². The lowest BCUT2D eigenvalue weighted by atomic mass is 9.97. The van der Waals surface area contributed by atoms with Crippen LogP contribution in [0.4, 0.5) is 9.18 Å². The molecule has 4 N–H and O–H groups in total. The Labute approximate surface area is 205 Å². The third-order valence-electron chi connectivity index (χ3n) is 5.30. The summed E-state index contributed by atoms with van der Waals surface area (Å²) in [5.74, 6) is -1.84. The number of aryl methyl sites for hydroxylation is 2. The van der Waals surface area contributed by atoms with Crippen LogP contribution < -0.4 is 16.3 Å². The van der Waals surface area contributed by atoms with Crippen LogP contribution in [0.1, 0.15) is 32.0 Å². The first-order valence-electron chi connectivity index (χ1n) is 10.9. The summed E-state index contributed by atoms with van der Waals surface area (Å²) < 4.78 is 13.6. The van der Waals surface area contributed by atoms with Crippen molar-refractivity contribution < 1.29 is 23.9 Å². The summed E-state index contributed by atoms with van der Waals surface area (Å²) in [7, 11) is 0. The average molecular weight is 487 g/mol. The Morgan fingerprint density at radius 2 is 1.47 bits per heavy atom. The van der Waals surface area contributed by atoms with Crippen molar-refractivity contribution in [2.24, 2.45) is 0 Å². The summed E-state index contributed by atoms with van der Waals surface area (Å²) in [4.78, 5) is 38.2. The molecule has 0 saturated carbocycles. The number of carbonyl (C=O) groups is 3. The van der Waals surface area contributed by atoms with Crippen molar-refractivity contribution in [3.05, 3.63) is 101 Å². The third-order valence-corrected chi connectivity index (χ3v) is 5.30. The lowest BCUT2D eigenvalue weighted by Crippen LogP contribution is -2.43. The molecule has 36 heavy (non-hydrogen) atoms. The number of carbonyl (C=O) groups excluding carboxylic acids is 2. The molecule has 182 valence electrons. The molecule has 0 aliphatic heterocycles. The van der Waals surface area contributed by atoms with Crippen LogP contribution in [-0.2, 0) is 0 Å². The van der Waals surface area contributed by atoms with Gasteiger partial charge in [-0.05, 0) is 55.8 Å². The molecule has 10 heteroatoms. The Balaban J connectivity index is 1.80. The number of rotatable bonds is 5. The van der Waals surface area contributed by atoms with Gasteiger partial charge in [-0.3, -0.25) is 20.4 Å². The van der Waals surface area contributed by atoms with Crippen molar-refractivity contribution >= 4 is 17.9 Å². The van der Waals surface area contributed by atoms with Gasteiger partial charge in [-0.25, -0.2) is 14.6 Å². The minimum atomic E-state index is -1.46. The molecule has 0 bridgehead atoms. The molecule has 0 aliphatic rings. The van der Waals surface area contributed by atoms with Crippen molar-refractivity contribution in [3.63, 3.8) is 0 Å².